The van der Waals surface area contributed by atoms with Gasteiger partial charge in [-0.3, -0.25) is 4.79 Å². The lowest BCUT2D eigenvalue weighted by Gasteiger charge is -2.19. The molecule has 4 N–H and O–H groups in total. The lowest BCUT2D eigenvalue weighted by atomic mass is 10.1. The summed E-state index contributed by atoms with van der Waals surface area (Å²) >= 11 is 0. The molecule has 1 amide bonds. The largest absolute Gasteiger partial charge is 0.416 e. The average molecular weight is 291 g/mol. The van der Waals surface area contributed by atoms with Crippen LogP contribution in [0, 0.1) is 0 Å². The van der Waals surface area contributed by atoms with Crippen LogP contribution < -0.4 is 16.0 Å². The molecule has 0 fully saturated rings. The van der Waals surface area contributed by atoms with E-state index in [0.29, 0.717) is 11.4 Å². The standard InChI is InChI=1S/C12H16F3N3O2/c1-18(2)9-4-3-7(16)5-8(9)11(20)17-6-10(19)12(13,14)15/h3-5,10,19H,6,16H2,1-2H3,(H,17,20). The second kappa shape index (κ2) is 6.00. The normalized spacial score (nSPS) is 12.9. The summed E-state index contributed by atoms with van der Waals surface area (Å²) in [6.45, 7) is -0.913. The number of nitrogens with one attached hydrogen (secondary N) is 1. The summed E-state index contributed by atoms with van der Waals surface area (Å²) in [6.07, 6.45) is -7.37. The molecular weight excluding hydrogens is 275 g/mol. The summed E-state index contributed by atoms with van der Waals surface area (Å²) in [5.41, 5.74) is 6.53. The maximum atomic E-state index is 12.1. The molecule has 1 unspecified atom stereocenters. The Morgan fingerprint density at radius 2 is 2.05 bits per heavy atom. The highest BCUT2D eigenvalue weighted by Crippen LogP contribution is 2.22. The zero-order chi connectivity index (χ0) is 15.5. The molecule has 5 nitrogen and oxygen atoms in total. The highest BCUT2D eigenvalue weighted by Gasteiger charge is 2.38. The van der Waals surface area contributed by atoms with Crippen molar-refractivity contribution in [3.63, 3.8) is 0 Å². The van der Waals surface area contributed by atoms with E-state index in [1.54, 1.807) is 31.1 Å². The van der Waals surface area contributed by atoms with E-state index in [0.717, 1.165) is 0 Å². The topological polar surface area (TPSA) is 78.6 Å². The van der Waals surface area contributed by atoms with Gasteiger partial charge in [0.25, 0.3) is 5.91 Å². The number of nitrogens with two attached hydrogens (primary N) is 1. The maximum absolute atomic E-state index is 12.1. The Bertz CT molecular complexity index is 489. The number of hydrogen-bond donors (Lipinski definition) is 3. The number of halogens is 3. The number of amides is 1. The summed E-state index contributed by atoms with van der Waals surface area (Å²) in [6, 6.07) is 4.53. The van der Waals surface area contributed by atoms with Crippen molar-refractivity contribution in [2.75, 3.05) is 31.3 Å². The van der Waals surface area contributed by atoms with Gasteiger partial charge in [0, 0.05) is 25.5 Å². The fourth-order valence-corrected chi connectivity index (χ4v) is 1.53. The van der Waals surface area contributed by atoms with Gasteiger partial charge in [-0.2, -0.15) is 13.2 Å². The number of hydrogen-bond acceptors (Lipinski definition) is 4. The minimum Gasteiger partial charge on any atom is -0.399 e. The van der Waals surface area contributed by atoms with E-state index in [2.05, 4.69) is 0 Å². The number of carbonyl (C=O) groups excluding carboxylic acids is 1. The molecule has 0 aliphatic heterocycles. The van der Waals surface area contributed by atoms with Crippen molar-refractivity contribution in [1.82, 2.24) is 5.32 Å². The van der Waals surface area contributed by atoms with E-state index < -0.39 is 24.7 Å². The van der Waals surface area contributed by atoms with Crippen LogP contribution >= 0.6 is 0 Å². The van der Waals surface area contributed by atoms with Crippen LogP contribution in [0.2, 0.25) is 0 Å². The zero-order valence-electron chi connectivity index (χ0n) is 11.0. The molecule has 20 heavy (non-hydrogen) atoms. The molecule has 0 radical (unpaired) electrons. The number of carbonyl (C=O) groups is 1. The minimum atomic E-state index is -4.77. The van der Waals surface area contributed by atoms with E-state index >= 15 is 0 Å². The molecule has 0 heterocycles. The summed E-state index contributed by atoms with van der Waals surface area (Å²) < 4.78 is 36.4. The van der Waals surface area contributed by atoms with E-state index in [-0.39, 0.29) is 5.56 Å². The van der Waals surface area contributed by atoms with Gasteiger partial charge in [0.05, 0.1) is 12.1 Å². The summed E-state index contributed by atoms with van der Waals surface area (Å²) in [5, 5.41) is 10.9. The predicted molar refractivity (Wildman–Crippen MR) is 69.6 cm³/mol. The Hall–Kier alpha value is -1.96. The Morgan fingerprint density at radius 1 is 1.45 bits per heavy atom. The van der Waals surface area contributed by atoms with Gasteiger partial charge in [0.2, 0.25) is 0 Å². The minimum absolute atomic E-state index is 0.143. The number of nitrogen functional groups attached to an aromatic ring is 1. The summed E-state index contributed by atoms with van der Waals surface area (Å²) in [5.74, 6) is -0.732. The fraction of sp³-hybridized carbons (Fsp3) is 0.417. The van der Waals surface area contributed by atoms with Crippen LogP contribution in [0.25, 0.3) is 0 Å². The van der Waals surface area contributed by atoms with Gasteiger partial charge in [-0.1, -0.05) is 0 Å². The SMILES string of the molecule is CN(C)c1ccc(N)cc1C(=O)NCC(O)C(F)(F)F. The van der Waals surface area contributed by atoms with Crippen molar-refractivity contribution >= 4 is 17.3 Å². The van der Waals surface area contributed by atoms with Crippen molar-refractivity contribution in [3.05, 3.63) is 23.8 Å². The second-order valence-electron chi connectivity index (χ2n) is 4.44. The number of nitrogens with zero attached hydrogens (tertiary/aromatic N) is 1. The molecule has 1 atom stereocenters. The highest BCUT2D eigenvalue weighted by molar-refractivity contribution is 6.00. The Labute approximate surface area is 114 Å². The lowest BCUT2D eigenvalue weighted by molar-refractivity contribution is -0.201. The van der Waals surface area contributed by atoms with Gasteiger partial charge in [0.15, 0.2) is 6.10 Å². The van der Waals surface area contributed by atoms with Gasteiger partial charge in [-0.15, -0.1) is 0 Å². The molecule has 0 aromatic heterocycles. The lowest BCUT2D eigenvalue weighted by Crippen LogP contribution is -2.41. The van der Waals surface area contributed by atoms with Crippen molar-refractivity contribution < 1.29 is 23.1 Å². The molecule has 112 valence electrons. The van der Waals surface area contributed by atoms with Crippen LogP contribution in [0.15, 0.2) is 18.2 Å². The molecule has 8 heteroatoms. The first-order valence-electron chi connectivity index (χ1n) is 5.72. The fourth-order valence-electron chi connectivity index (χ4n) is 1.53. The van der Waals surface area contributed by atoms with Crippen LogP contribution in [0.3, 0.4) is 0 Å². The first-order valence-corrected chi connectivity index (χ1v) is 5.72. The van der Waals surface area contributed by atoms with Crippen LogP contribution in [-0.4, -0.2) is 43.9 Å². The van der Waals surface area contributed by atoms with Crippen molar-refractivity contribution in [2.24, 2.45) is 0 Å². The smallest absolute Gasteiger partial charge is 0.399 e. The molecule has 1 aromatic rings. The van der Waals surface area contributed by atoms with Crippen LogP contribution in [0.1, 0.15) is 10.4 Å². The molecular formula is C12H16F3N3O2. The van der Waals surface area contributed by atoms with Crippen LogP contribution in [-0.2, 0) is 0 Å². The molecule has 0 aliphatic carbocycles. The Balaban J connectivity index is 2.85. The molecule has 0 aliphatic rings. The Kier molecular flexibility index (Phi) is 4.83. The van der Waals surface area contributed by atoms with Gasteiger partial charge in [-0.05, 0) is 18.2 Å². The molecule has 0 spiro atoms. The van der Waals surface area contributed by atoms with Crippen LogP contribution in [0.5, 0.6) is 0 Å². The maximum Gasteiger partial charge on any atom is 0.416 e. The number of aliphatic hydroxyl groups excluding tert-OH is 1. The summed E-state index contributed by atoms with van der Waals surface area (Å²) in [7, 11) is 3.37. The highest BCUT2D eigenvalue weighted by atomic mass is 19.4. The van der Waals surface area contributed by atoms with Crippen molar-refractivity contribution in [1.29, 1.82) is 0 Å². The van der Waals surface area contributed by atoms with Gasteiger partial charge < -0.3 is 21.1 Å². The van der Waals surface area contributed by atoms with Crippen molar-refractivity contribution in [3.8, 4) is 0 Å². The molecule has 0 saturated carbocycles. The van der Waals surface area contributed by atoms with Crippen LogP contribution in [0.4, 0.5) is 24.5 Å². The Morgan fingerprint density at radius 3 is 2.55 bits per heavy atom. The predicted octanol–water partition coefficient (Wildman–Crippen LogP) is 0.988. The van der Waals surface area contributed by atoms with E-state index in [1.807, 2.05) is 5.32 Å². The van der Waals surface area contributed by atoms with Gasteiger partial charge in [-0.25, -0.2) is 0 Å². The van der Waals surface area contributed by atoms with E-state index in [9.17, 15) is 18.0 Å². The van der Waals surface area contributed by atoms with E-state index in [4.69, 9.17) is 10.8 Å². The molecule has 1 rings (SSSR count). The number of benzene rings is 1. The first-order chi connectivity index (χ1) is 9.12. The summed E-state index contributed by atoms with van der Waals surface area (Å²) in [4.78, 5) is 13.5. The average Bonchev–Trinajstić information content (AvgIpc) is 2.33. The molecule has 0 saturated heterocycles. The quantitative estimate of drug-likeness (QED) is 0.723. The van der Waals surface area contributed by atoms with Gasteiger partial charge in [0.1, 0.15) is 0 Å². The number of alkyl halides is 3. The first kappa shape index (κ1) is 16.1. The third kappa shape index (κ3) is 4.02. The molecule has 1 aromatic carbocycles. The zero-order valence-corrected chi connectivity index (χ0v) is 11.0. The van der Waals surface area contributed by atoms with E-state index in [1.165, 1.54) is 6.07 Å². The number of aliphatic hydroxyl groups is 1. The number of anilines is 2. The van der Waals surface area contributed by atoms with Crippen molar-refractivity contribution in [2.45, 2.75) is 12.3 Å². The van der Waals surface area contributed by atoms with Gasteiger partial charge >= 0.3 is 6.18 Å². The number of rotatable bonds is 4. The monoisotopic (exact) mass is 291 g/mol. The molecule has 0 bridgehead atoms. The third-order valence-corrected chi connectivity index (χ3v) is 2.58. The third-order valence-electron chi connectivity index (χ3n) is 2.58. The second-order valence-corrected chi connectivity index (χ2v) is 4.44.